The van der Waals surface area contributed by atoms with E-state index in [2.05, 4.69) is 28.9 Å². The molecule has 154 valence electrons. The topological polar surface area (TPSA) is 58.4 Å². The highest BCUT2D eigenvalue weighted by molar-refractivity contribution is 7.91. The van der Waals surface area contributed by atoms with Crippen molar-refractivity contribution in [3.63, 3.8) is 0 Å². The molecule has 1 fully saturated rings. The molecular weight excluding hydrogens is 372 g/mol. The Bertz CT molecular complexity index is 875. The Morgan fingerprint density at radius 2 is 1.89 bits per heavy atom. The van der Waals surface area contributed by atoms with E-state index >= 15 is 0 Å². The van der Waals surface area contributed by atoms with Gasteiger partial charge in [-0.25, -0.2) is 13.4 Å². The number of likely N-dealkylation sites (tertiary alicyclic amines) is 1. The predicted octanol–water partition coefficient (Wildman–Crippen LogP) is 2.50. The van der Waals surface area contributed by atoms with Crippen LogP contribution in [0, 0.1) is 5.92 Å². The summed E-state index contributed by atoms with van der Waals surface area (Å²) in [6.07, 6.45) is 2.89. The summed E-state index contributed by atoms with van der Waals surface area (Å²) in [5, 5.41) is 0.198. The van der Waals surface area contributed by atoms with Gasteiger partial charge in [0, 0.05) is 25.7 Å². The van der Waals surface area contributed by atoms with Crippen LogP contribution in [0.1, 0.15) is 31.5 Å². The molecule has 0 bridgehead atoms. The zero-order chi connectivity index (χ0) is 20.3. The summed E-state index contributed by atoms with van der Waals surface area (Å²) >= 11 is 0. The lowest BCUT2D eigenvalue weighted by atomic mass is 10.2. The summed E-state index contributed by atoms with van der Waals surface area (Å²) < 4.78 is 27.8. The molecule has 2 aromatic rings. The molecular formula is C21H32N4O2S. The summed E-state index contributed by atoms with van der Waals surface area (Å²) in [5.41, 5.74) is 2.04. The van der Waals surface area contributed by atoms with Crippen LogP contribution in [0.3, 0.4) is 0 Å². The molecule has 0 N–H and O–H groups in total. The number of nitrogens with zero attached hydrogens (tertiary/aromatic N) is 4. The van der Waals surface area contributed by atoms with Gasteiger partial charge >= 0.3 is 0 Å². The molecule has 1 aliphatic heterocycles. The average Bonchev–Trinajstić information content (AvgIpc) is 3.23. The zero-order valence-electron chi connectivity index (χ0n) is 17.4. The van der Waals surface area contributed by atoms with E-state index in [-0.39, 0.29) is 16.8 Å². The molecule has 0 amide bonds. The number of benzene rings is 1. The third-order valence-electron chi connectivity index (χ3n) is 5.28. The van der Waals surface area contributed by atoms with E-state index in [0.29, 0.717) is 12.6 Å². The Hall–Kier alpha value is -1.70. The lowest BCUT2D eigenvalue weighted by Crippen LogP contribution is -2.31. The number of sulfone groups is 1. The van der Waals surface area contributed by atoms with Crippen LogP contribution in [-0.2, 0) is 22.9 Å². The van der Waals surface area contributed by atoms with Crippen molar-refractivity contribution in [2.75, 3.05) is 32.9 Å². The summed E-state index contributed by atoms with van der Waals surface area (Å²) in [4.78, 5) is 9.03. The molecule has 1 aromatic heterocycles. The fourth-order valence-corrected chi connectivity index (χ4v) is 5.58. The standard InChI is InChI=1S/C21H32N4O2S/c1-17(2)16-28(26,27)21-22-12-20(15-24-11-10-19(14-24)23(3)4)25(21)13-18-8-6-5-7-9-18/h5-9,12,17,19H,10-11,13-16H2,1-4H3/t19-/m1/s1. The molecule has 7 heteroatoms. The average molecular weight is 405 g/mol. The van der Waals surface area contributed by atoms with Crippen LogP contribution >= 0.6 is 0 Å². The number of hydrogen-bond acceptors (Lipinski definition) is 5. The minimum Gasteiger partial charge on any atom is -0.313 e. The molecule has 0 unspecified atom stereocenters. The van der Waals surface area contributed by atoms with Crippen LogP contribution in [0.5, 0.6) is 0 Å². The van der Waals surface area contributed by atoms with Crippen molar-refractivity contribution in [2.24, 2.45) is 5.92 Å². The first-order chi connectivity index (χ1) is 13.3. The second-order valence-corrected chi connectivity index (χ2v) is 10.3. The normalized spacial score (nSPS) is 18.4. The lowest BCUT2D eigenvalue weighted by molar-refractivity contribution is 0.261. The van der Waals surface area contributed by atoms with E-state index in [1.807, 2.05) is 48.7 Å². The van der Waals surface area contributed by atoms with Crippen LogP contribution in [0.15, 0.2) is 41.7 Å². The van der Waals surface area contributed by atoms with Crippen molar-refractivity contribution in [3.8, 4) is 0 Å². The molecule has 1 aromatic carbocycles. The maximum absolute atomic E-state index is 12.9. The fraction of sp³-hybridized carbons (Fsp3) is 0.571. The van der Waals surface area contributed by atoms with E-state index in [0.717, 1.165) is 37.3 Å². The van der Waals surface area contributed by atoms with E-state index in [4.69, 9.17) is 0 Å². The number of rotatable bonds is 8. The van der Waals surface area contributed by atoms with Crippen molar-refractivity contribution in [1.82, 2.24) is 19.4 Å². The highest BCUT2D eigenvalue weighted by atomic mass is 32.2. The number of aromatic nitrogens is 2. The molecule has 0 spiro atoms. The fourth-order valence-electron chi connectivity index (χ4n) is 3.82. The first kappa shape index (κ1) is 21.0. The quantitative estimate of drug-likeness (QED) is 0.677. The Balaban J connectivity index is 1.89. The van der Waals surface area contributed by atoms with Crippen molar-refractivity contribution in [2.45, 2.75) is 44.6 Å². The van der Waals surface area contributed by atoms with Gasteiger partial charge in [0.15, 0.2) is 0 Å². The van der Waals surface area contributed by atoms with Gasteiger partial charge in [0.2, 0.25) is 15.0 Å². The Labute approximate surface area is 169 Å². The van der Waals surface area contributed by atoms with E-state index in [1.165, 1.54) is 0 Å². The van der Waals surface area contributed by atoms with Gasteiger partial charge in [-0.1, -0.05) is 44.2 Å². The number of likely N-dealkylation sites (N-methyl/N-ethyl adjacent to an activating group) is 1. The molecule has 0 aliphatic carbocycles. The van der Waals surface area contributed by atoms with Gasteiger partial charge in [-0.3, -0.25) is 4.90 Å². The summed E-state index contributed by atoms with van der Waals surface area (Å²) in [7, 11) is 0.809. The molecule has 0 saturated carbocycles. The molecule has 6 nitrogen and oxygen atoms in total. The molecule has 0 radical (unpaired) electrons. The monoisotopic (exact) mass is 404 g/mol. The van der Waals surface area contributed by atoms with Crippen molar-refractivity contribution in [3.05, 3.63) is 47.8 Å². The molecule has 3 rings (SSSR count). The molecule has 1 saturated heterocycles. The van der Waals surface area contributed by atoms with E-state index in [1.54, 1.807) is 6.20 Å². The minimum atomic E-state index is -3.42. The molecule has 28 heavy (non-hydrogen) atoms. The van der Waals surface area contributed by atoms with Crippen LogP contribution in [0.25, 0.3) is 0 Å². The van der Waals surface area contributed by atoms with Gasteiger partial charge in [0.25, 0.3) is 0 Å². The Morgan fingerprint density at radius 1 is 1.18 bits per heavy atom. The van der Waals surface area contributed by atoms with Gasteiger partial charge in [-0.15, -0.1) is 0 Å². The largest absolute Gasteiger partial charge is 0.313 e. The van der Waals surface area contributed by atoms with Gasteiger partial charge < -0.3 is 9.47 Å². The van der Waals surface area contributed by atoms with Crippen LogP contribution < -0.4 is 0 Å². The van der Waals surface area contributed by atoms with Gasteiger partial charge in [-0.2, -0.15) is 0 Å². The SMILES string of the molecule is CC(C)CS(=O)(=O)c1ncc(CN2CC[C@@H](N(C)C)C2)n1Cc1ccccc1. The summed E-state index contributed by atoms with van der Waals surface area (Å²) in [6, 6.07) is 10.5. The van der Waals surface area contributed by atoms with Gasteiger partial charge in [0.05, 0.1) is 24.2 Å². The lowest BCUT2D eigenvalue weighted by Gasteiger charge is -2.21. The van der Waals surface area contributed by atoms with Crippen LogP contribution in [0.2, 0.25) is 0 Å². The molecule has 1 atom stereocenters. The van der Waals surface area contributed by atoms with Crippen LogP contribution in [0.4, 0.5) is 0 Å². The third-order valence-corrected chi connectivity index (χ3v) is 7.27. The predicted molar refractivity (Wildman–Crippen MR) is 112 cm³/mol. The van der Waals surface area contributed by atoms with E-state index < -0.39 is 9.84 Å². The van der Waals surface area contributed by atoms with Gasteiger partial charge in [-0.05, 0) is 32.0 Å². The first-order valence-electron chi connectivity index (χ1n) is 9.96. The van der Waals surface area contributed by atoms with Crippen molar-refractivity contribution < 1.29 is 8.42 Å². The van der Waals surface area contributed by atoms with Crippen LogP contribution in [-0.4, -0.2) is 66.7 Å². The second kappa shape index (κ2) is 8.76. The smallest absolute Gasteiger partial charge is 0.228 e. The zero-order valence-corrected chi connectivity index (χ0v) is 18.2. The maximum atomic E-state index is 12.9. The molecule has 1 aliphatic rings. The highest BCUT2D eigenvalue weighted by Crippen LogP contribution is 2.21. The van der Waals surface area contributed by atoms with Gasteiger partial charge in [0.1, 0.15) is 0 Å². The highest BCUT2D eigenvalue weighted by Gasteiger charge is 2.28. The summed E-state index contributed by atoms with van der Waals surface area (Å²) in [6.45, 7) is 7.11. The maximum Gasteiger partial charge on any atom is 0.228 e. The van der Waals surface area contributed by atoms with Crippen molar-refractivity contribution in [1.29, 1.82) is 0 Å². The summed E-state index contributed by atoms with van der Waals surface area (Å²) in [5.74, 6) is 0.180. The van der Waals surface area contributed by atoms with Crippen molar-refractivity contribution >= 4 is 9.84 Å². The molecule has 2 heterocycles. The second-order valence-electron chi connectivity index (χ2n) is 8.42. The minimum absolute atomic E-state index is 0.0646. The Kier molecular flexibility index (Phi) is 6.58. The number of hydrogen-bond donors (Lipinski definition) is 0. The third kappa shape index (κ3) is 5.01. The number of imidazole rings is 1. The Morgan fingerprint density at radius 3 is 2.50 bits per heavy atom. The van der Waals surface area contributed by atoms with E-state index in [9.17, 15) is 8.42 Å². The first-order valence-corrected chi connectivity index (χ1v) is 11.6.